The van der Waals surface area contributed by atoms with Crippen molar-refractivity contribution >= 4 is 61.7 Å². The third kappa shape index (κ3) is 1.77. The Labute approximate surface area is 99.3 Å². The van der Waals surface area contributed by atoms with Crippen LogP contribution in [0.15, 0.2) is 31.8 Å². The average Bonchev–Trinajstić information content (AvgIpc) is 2.47. The number of thioether (sulfide) groups is 1. The van der Waals surface area contributed by atoms with Gasteiger partial charge >= 0.3 is 0 Å². The SMILES string of the molecule is CSc1cc(S)cc2c(Br)csc12. The molecule has 0 N–H and O–H groups in total. The molecule has 0 fully saturated rings. The molecule has 0 aliphatic heterocycles. The zero-order chi connectivity index (χ0) is 9.42. The van der Waals surface area contributed by atoms with Gasteiger partial charge in [0.1, 0.15) is 0 Å². The highest BCUT2D eigenvalue weighted by Gasteiger charge is 2.06. The van der Waals surface area contributed by atoms with Crippen LogP contribution in [0.4, 0.5) is 0 Å². The van der Waals surface area contributed by atoms with Crippen LogP contribution in [-0.4, -0.2) is 6.26 Å². The van der Waals surface area contributed by atoms with E-state index in [1.165, 1.54) is 19.5 Å². The zero-order valence-corrected chi connectivity index (χ0v) is 11.0. The lowest BCUT2D eigenvalue weighted by Gasteiger charge is -2.00. The first-order valence-electron chi connectivity index (χ1n) is 3.66. The highest BCUT2D eigenvalue weighted by atomic mass is 79.9. The van der Waals surface area contributed by atoms with E-state index in [0.29, 0.717) is 0 Å². The third-order valence-corrected chi connectivity index (χ3v) is 4.93. The lowest BCUT2D eigenvalue weighted by molar-refractivity contribution is 1.42. The van der Waals surface area contributed by atoms with E-state index in [4.69, 9.17) is 0 Å². The molecule has 1 heterocycles. The van der Waals surface area contributed by atoms with E-state index in [1.54, 1.807) is 23.1 Å². The summed E-state index contributed by atoms with van der Waals surface area (Å²) in [4.78, 5) is 2.33. The van der Waals surface area contributed by atoms with Gasteiger partial charge in [0.15, 0.2) is 0 Å². The number of benzene rings is 1. The lowest BCUT2D eigenvalue weighted by atomic mass is 10.3. The molecular weight excluding hydrogens is 284 g/mol. The summed E-state index contributed by atoms with van der Waals surface area (Å²) in [5, 5.41) is 3.39. The average molecular weight is 291 g/mol. The largest absolute Gasteiger partial charge is 0.143 e. The molecule has 1 aromatic carbocycles. The Balaban J connectivity index is 2.84. The Kier molecular flexibility index (Phi) is 2.93. The van der Waals surface area contributed by atoms with Gasteiger partial charge in [0, 0.05) is 29.7 Å². The molecule has 0 bridgehead atoms. The molecule has 0 aliphatic carbocycles. The molecule has 4 heteroatoms. The van der Waals surface area contributed by atoms with Crippen molar-refractivity contribution in [3.8, 4) is 0 Å². The van der Waals surface area contributed by atoms with Gasteiger partial charge in [-0.25, -0.2) is 0 Å². The quantitative estimate of drug-likeness (QED) is 0.588. The monoisotopic (exact) mass is 290 g/mol. The van der Waals surface area contributed by atoms with Gasteiger partial charge in [-0.2, -0.15) is 0 Å². The second kappa shape index (κ2) is 3.85. The van der Waals surface area contributed by atoms with Crippen molar-refractivity contribution in [2.45, 2.75) is 9.79 Å². The minimum Gasteiger partial charge on any atom is -0.143 e. The molecule has 2 rings (SSSR count). The van der Waals surface area contributed by atoms with Crippen molar-refractivity contribution in [3.63, 3.8) is 0 Å². The van der Waals surface area contributed by atoms with Gasteiger partial charge in [-0.3, -0.25) is 0 Å². The van der Waals surface area contributed by atoms with Crippen LogP contribution in [0.2, 0.25) is 0 Å². The van der Waals surface area contributed by atoms with Gasteiger partial charge in [0.2, 0.25) is 0 Å². The van der Waals surface area contributed by atoms with Crippen LogP contribution in [0.1, 0.15) is 0 Å². The van der Waals surface area contributed by atoms with Crippen molar-refractivity contribution in [1.29, 1.82) is 0 Å². The van der Waals surface area contributed by atoms with Crippen LogP contribution in [0.3, 0.4) is 0 Å². The Morgan fingerprint density at radius 2 is 2.23 bits per heavy atom. The van der Waals surface area contributed by atoms with Crippen molar-refractivity contribution in [3.05, 3.63) is 22.0 Å². The van der Waals surface area contributed by atoms with Gasteiger partial charge in [-0.15, -0.1) is 35.7 Å². The van der Waals surface area contributed by atoms with Crippen LogP contribution in [-0.2, 0) is 0 Å². The van der Waals surface area contributed by atoms with E-state index in [-0.39, 0.29) is 0 Å². The Hall–Kier alpha value is 0.360. The first-order valence-corrected chi connectivity index (χ1v) is 7.00. The summed E-state index contributed by atoms with van der Waals surface area (Å²) < 4.78 is 2.51. The molecule has 0 saturated heterocycles. The number of thiol groups is 1. The summed E-state index contributed by atoms with van der Waals surface area (Å²) in [6.07, 6.45) is 2.09. The summed E-state index contributed by atoms with van der Waals surface area (Å²) >= 11 is 11.4. The molecule has 0 aliphatic rings. The molecule has 0 radical (unpaired) electrons. The van der Waals surface area contributed by atoms with Crippen molar-refractivity contribution < 1.29 is 0 Å². The summed E-state index contributed by atoms with van der Waals surface area (Å²) in [6.45, 7) is 0. The topological polar surface area (TPSA) is 0 Å². The molecule has 0 amide bonds. The van der Waals surface area contributed by atoms with E-state index in [1.807, 2.05) is 0 Å². The van der Waals surface area contributed by atoms with Gasteiger partial charge in [-0.1, -0.05) is 0 Å². The van der Waals surface area contributed by atoms with Crippen molar-refractivity contribution in [1.82, 2.24) is 0 Å². The number of hydrogen-bond donors (Lipinski definition) is 1. The molecule has 1 aromatic heterocycles. The molecule has 13 heavy (non-hydrogen) atoms. The van der Waals surface area contributed by atoms with E-state index in [9.17, 15) is 0 Å². The normalized spacial score (nSPS) is 11.0. The summed E-state index contributed by atoms with van der Waals surface area (Å²) in [7, 11) is 0. The Bertz CT molecular complexity index is 447. The maximum atomic E-state index is 4.38. The Morgan fingerprint density at radius 1 is 1.46 bits per heavy atom. The summed E-state index contributed by atoms with van der Waals surface area (Å²) in [6, 6.07) is 4.21. The maximum absolute atomic E-state index is 4.38. The Morgan fingerprint density at radius 3 is 2.92 bits per heavy atom. The van der Waals surface area contributed by atoms with Crippen molar-refractivity contribution in [2.75, 3.05) is 6.26 Å². The number of fused-ring (bicyclic) bond motifs is 1. The highest BCUT2D eigenvalue weighted by Crippen LogP contribution is 2.38. The summed E-state index contributed by atoms with van der Waals surface area (Å²) in [5.74, 6) is 0. The van der Waals surface area contributed by atoms with Gasteiger partial charge in [-0.05, 0) is 34.3 Å². The second-order valence-electron chi connectivity index (χ2n) is 2.61. The number of hydrogen-bond acceptors (Lipinski definition) is 3. The fourth-order valence-corrected chi connectivity index (χ4v) is 4.04. The van der Waals surface area contributed by atoms with Gasteiger partial charge in [0.05, 0.1) is 0 Å². The fourth-order valence-electron chi connectivity index (χ4n) is 1.21. The molecule has 0 nitrogen and oxygen atoms in total. The first kappa shape index (κ1) is 9.90. The lowest BCUT2D eigenvalue weighted by Crippen LogP contribution is -1.72. The third-order valence-electron chi connectivity index (χ3n) is 1.80. The minimum absolute atomic E-state index is 1.02. The van der Waals surface area contributed by atoms with E-state index < -0.39 is 0 Å². The molecule has 2 aromatic rings. The second-order valence-corrected chi connectivity index (χ2v) is 5.71. The van der Waals surface area contributed by atoms with E-state index >= 15 is 0 Å². The van der Waals surface area contributed by atoms with E-state index in [0.717, 1.165) is 4.90 Å². The first-order chi connectivity index (χ1) is 6.22. The number of thiophene rings is 1. The maximum Gasteiger partial charge on any atom is 0.0491 e. The molecular formula is C9H7BrS3. The van der Waals surface area contributed by atoms with Crippen LogP contribution in [0, 0.1) is 0 Å². The smallest absolute Gasteiger partial charge is 0.0491 e. The predicted molar refractivity (Wildman–Crippen MR) is 68.6 cm³/mol. The molecule has 0 atom stereocenters. The van der Waals surface area contributed by atoms with Crippen LogP contribution >= 0.6 is 51.7 Å². The molecule has 68 valence electrons. The summed E-state index contributed by atoms with van der Waals surface area (Å²) in [5.41, 5.74) is 0. The van der Waals surface area contributed by atoms with Crippen molar-refractivity contribution in [2.24, 2.45) is 0 Å². The van der Waals surface area contributed by atoms with E-state index in [2.05, 4.69) is 52.3 Å². The fraction of sp³-hybridized carbons (Fsp3) is 0.111. The minimum atomic E-state index is 1.02. The zero-order valence-electron chi connectivity index (χ0n) is 6.87. The predicted octanol–water partition coefficient (Wildman–Crippen LogP) is 4.67. The number of halogens is 1. The van der Waals surface area contributed by atoms with Crippen LogP contribution in [0.25, 0.3) is 10.1 Å². The van der Waals surface area contributed by atoms with Crippen LogP contribution < -0.4 is 0 Å². The standard InChI is InChI=1S/C9H7BrS3/c1-12-8-3-5(11)2-6-7(10)4-13-9(6)8/h2-4,11H,1H3. The molecule has 0 unspecified atom stereocenters. The number of rotatable bonds is 1. The highest BCUT2D eigenvalue weighted by molar-refractivity contribution is 9.10. The van der Waals surface area contributed by atoms with Gasteiger partial charge < -0.3 is 0 Å². The molecule has 0 saturated carbocycles. The van der Waals surface area contributed by atoms with Gasteiger partial charge in [0.25, 0.3) is 0 Å². The molecule has 0 spiro atoms. The van der Waals surface area contributed by atoms with Crippen LogP contribution in [0.5, 0.6) is 0 Å².